The Bertz CT molecular complexity index is 1060. The zero-order valence-electron chi connectivity index (χ0n) is 20.8. The van der Waals surface area contributed by atoms with Gasteiger partial charge in [0.25, 0.3) is 0 Å². The Kier molecular flexibility index (Phi) is 10.1. The molecule has 0 atom stereocenters. The number of rotatable bonds is 13. The topological polar surface area (TPSA) is 71.1 Å². The maximum atomic E-state index is 12.7. The summed E-state index contributed by atoms with van der Waals surface area (Å²) in [5.74, 6) is 0.803. The van der Waals surface area contributed by atoms with E-state index in [2.05, 4.69) is 20.4 Å². The maximum absolute atomic E-state index is 12.7. The van der Waals surface area contributed by atoms with Crippen molar-refractivity contribution in [1.29, 1.82) is 0 Å². The monoisotopic (exact) mass is 488 g/mol. The fourth-order valence-corrected chi connectivity index (χ4v) is 3.20. The molecule has 6 nitrogen and oxygen atoms in total. The van der Waals surface area contributed by atoms with Crippen LogP contribution in [0.3, 0.4) is 0 Å². The third-order valence-electron chi connectivity index (χ3n) is 5.27. The summed E-state index contributed by atoms with van der Waals surface area (Å²) in [5.41, 5.74) is 1.39. The molecule has 0 aromatic heterocycles. The molecule has 188 valence electrons. The Morgan fingerprint density at radius 3 is 1.44 bits per heavy atom. The van der Waals surface area contributed by atoms with Crippen LogP contribution in [0.25, 0.3) is 6.08 Å². The van der Waals surface area contributed by atoms with Gasteiger partial charge in [0.15, 0.2) is 0 Å². The lowest BCUT2D eigenvalue weighted by atomic mass is 10.2. The second-order valence-electron chi connectivity index (χ2n) is 8.17. The highest BCUT2D eigenvalue weighted by Crippen LogP contribution is 2.26. The highest BCUT2D eigenvalue weighted by atomic mass is 16.5. The van der Waals surface area contributed by atoms with Gasteiger partial charge < -0.3 is 18.9 Å². The molecule has 0 aliphatic carbocycles. The van der Waals surface area contributed by atoms with E-state index in [9.17, 15) is 9.59 Å². The van der Waals surface area contributed by atoms with Crippen molar-refractivity contribution in [3.05, 3.63) is 90.0 Å². The largest absolute Gasteiger partial charge is 0.494 e. The standard InChI is InChI=1S/C30H32O6/c1-4-7-17-33-25-13-9-23(10-14-25)29(31)35-27-19-22(6-3)20-28(21-27)36-30(32)24-11-15-26(16-12-24)34-18-8-5-2/h6,9-16,19-21H,3-5,7-8,17-18H2,1-2H3. The SMILES string of the molecule is C=Cc1cc(OC(=O)c2ccc(OCCCC)cc2)cc(OC(=O)c2ccc(OCCCC)cc2)c1. The van der Waals surface area contributed by atoms with Crippen LogP contribution in [0.15, 0.2) is 73.3 Å². The van der Waals surface area contributed by atoms with E-state index in [1.165, 1.54) is 6.07 Å². The van der Waals surface area contributed by atoms with Crippen LogP contribution in [-0.4, -0.2) is 25.2 Å². The second kappa shape index (κ2) is 13.7. The lowest BCUT2D eigenvalue weighted by Gasteiger charge is -2.10. The van der Waals surface area contributed by atoms with Crippen LogP contribution in [0.2, 0.25) is 0 Å². The summed E-state index contributed by atoms with van der Waals surface area (Å²) in [7, 11) is 0. The van der Waals surface area contributed by atoms with E-state index < -0.39 is 11.9 Å². The minimum atomic E-state index is -0.535. The lowest BCUT2D eigenvalue weighted by Crippen LogP contribution is -2.10. The molecule has 3 aromatic rings. The summed E-state index contributed by atoms with van der Waals surface area (Å²) in [4.78, 5) is 25.3. The fraction of sp³-hybridized carbons (Fsp3) is 0.267. The first-order valence-electron chi connectivity index (χ1n) is 12.2. The molecule has 3 aromatic carbocycles. The predicted octanol–water partition coefficient (Wildman–Crippen LogP) is 7.13. The average Bonchev–Trinajstić information content (AvgIpc) is 2.89. The van der Waals surface area contributed by atoms with Gasteiger partial charge in [-0.15, -0.1) is 0 Å². The highest BCUT2D eigenvalue weighted by molar-refractivity contribution is 5.92. The van der Waals surface area contributed by atoms with Crippen molar-refractivity contribution in [1.82, 2.24) is 0 Å². The van der Waals surface area contributed by atoms with E-state index in [0.717, 1.165) is 25.7 Å². The molecule has 0 saturated heterocycles. The van der Waals surface area contributed by atoms with E-state index in [4.69, 9.17) is 18.9 Å². The first kappa shape index (κ1) is 26.5. The van der Waals surface area contributed by atoms with Gasteiger partial charge in [0.2, 0.25) is 0 Å². The number of hydrogen-bond donors (Lipinski definition) is 0. The van der Waals surface area contributed by atoms with Gasteiger partial charge in [0, 0.05) is 6.07 Å². The van der Waals surface area contributed by atoms with Gasteiger partial charge in [0.05, 0.1) is 24.3 Å². The van der Waals surface area contributed by atoms with E-state index in [0.29, 0.717) is 41.4 Å². The molecule has 0 N–H and O–H groups in total. The fourth-order valence-electron chi connectivity index (χ4n) is 3.20. The Morgan fingerprint density at radius 1 is 0.667 bits per heavy atom. The second-order valence-corrected chi connectivity index (χ2v) is 8.17. The van der Waals surface area contributed by atoms with Crippen molar-refractivity contribution < 1.29 is 28.5 Å². The number of unbranched alkanes of at least 4 members (excludes halogenated alkanes) is 2. The van der Waals surface area contributed by atoms with Crippen molar-refractivity contribution in [2.24, 2.45) is 0 Å². The number of carbonyl (C=O) groups is 2. The van der Waals surface area contributed by atoms with Crippen LogP contribution in [0.5, 0.6) is 23.0 Å². The van der Waals surface area contributed by atoms with Crippen molar-refractivity contribution in [3.8, 4) is 23.0 Å². The van der Waals surface area contributed by atoms with E-state index >= 15 is 0 Å². The van der Waals surface area contributed by atoms with Gasteiger partial charge in [-0.3, -0.25) is 0 Å². The molecule has 0 aliphatic rings. The number of carbonyl (C=O) groups excluding carboxylic acids is 2. The molecular formula is C30H32O6. The molecule has 0 fully saturated rings. The number of hydrogen-bond acceptors (Lipinski definition) is 6. The zero-order valence-corrected chi connectivity index (χ0v) is 20.8. The molecule has 0 saturated carbocycles. The highest BCUT2D eigenvalue weighted by Gasteiger charge is 2.14. The van der Waals surface area contributed by atoms with Gasteiger partial charge in [-0.2, -0.15) is 0 Å². The molecular weight excluding hydrogens is 456 g/mol. The summed E-state index contributed by atoms with van der Waals surface area (Å²) in [6.45, 7) is 9.21. The summed E-state index contributed by atoms with van der Waals surface area (Å²) < 4.78 is 22.3. The summed E-state index contributed by atoms with van der Waals surface area (Å²) in [5, 5.41) is 0. The van der Waals surface area contributed by atoms with Crippen LogP contribution >= 0.6 is 0 Å². The van der Waals surface area contributed by atoms with Crippen LogP contribution < -0.4 is 18.9 Å². The van der Waals surface area contributed by atoms with E-state index in [1.807, 2.05) is 0 Å². The normalized spacial score (nSPS) is 10.4. The molecule has 0 bridgehead atoms. The summed E-state index contributed by atoms with van der Waals surface area (Å²) in [6, 6.07) is 18.3. The molecule has 0 spiro atoms. The first-order chi connectivity index (χ1) is 17.5. The van der Waals surface area contributed by atoms with Crippen molar-refractivity contribution in [2.75, 3.05) is 13.2 Å². The third-order valence-corrected chi connectivity index (χ3v) is 5.27. The smallest absolute Gasteiger partial charge is 0.343 e. The van der Waals surface area contributed by atoms with Crippen molar-refractivity contribution >= 4 is 18.0 Å². The molecule has 0 radical (unpaired) electrons. The van der Waals surface area contributed by atoms with Gasteiger partial charge >= 0.3 is 11.9 Å². The summed E-state index contributed by atoms with van der Waals surface area (Å²) >= 11 is 0. The predicted molar refractivity (Wildman–Crippen MR) is 140 cm³/mol. The zero-order chi connectivity index (χ0) is 25.8. The van der Waals surface area contributed by atoms with E-state index in [-0.39, 0.29) is 11.5 Å². The van der Waals surface area contributed by atoms with Gasteiger partial charge in [-0.05, 0) is 79.1 Å². The average molecular weight is 489 g/mol. The van der Waals surface area contributed by atoms with Gasteiger partial charge in [0.1, 0.15) is 23.0 Å². The molecule has 6 heteroatoms. The lowest BCUT2D eigenvalue weighted by molar-refractivity contribution is 0.0733. The third kappa shape index (κ3) is 8.01. The van der Waals surface area contributed by atoms with Crippen LogP contribution in [0.4, 0.5) is 0 Å². The van der Waals surface area contributed by atoms with E-state index in [1.54, 1.807) is 66.7 Å². The van der Waals surface area contributed by atoms with Crippen molar-refractivity contribution in [3.63, 3.8) is 0 Å². The van der Waals surface area contributed by atoms with Crippen LogP contribution in [-0.2, 0) is 0 Å². The quantitative estimate of drug-likeness (QED) is 0.145. The van der Waals surface area contributed by atoms with Gasteiger partial charge in [-0.1, -0.05) is 39.3 Å². The number of ether oxygens (including phenoxy) is 4. The minimum absolute atomic E-state index is 0.239. The molecule has 0 amide bonds. The number of esters is 2. The Hall–Kier alpha value is -4.06. The molecule has 0 aliphatic heterocycles. The van der Waals surface area contributed by atoms with Crippen LogP contribution in [0, 0.1) is 0 Å². The molecule has 0 unspecified atom stereocenters. The first-order valence-corrected chi connectivity index (χ1v) is 12.2. The maximum Gasteiger partial charge on any atom is 0.343 e. The summed E-state index contributed by atoms with van der Waals surface area (Å²) in [6.07, 6.45) is 5.61. The molecule has 3 rings (SSSR count). The Labute approximate surface area is 212 Å². The van der Waals surface area contributed by atoms with Gasteiger partial charge in [-0.25, -0.2) is 9.59 Å². The minimum Gasteiger partial charge on any atom is -0.494 e. The molecule has 0 heterocycles. The van der Waals surface area contributed by atoms with Crippen LogP contribution in [0.1, 0.15) is 65.8 Å². The Morgan fingerprint density at radius 2 is 1.08 bits per heavy atom. The van der Waals surface area contributed by atoms with Crippen molar-refractivity contribution in [2.45, 2.75) is 39.5 Å². The number of benzene rings is 3. The molecule has 36 heavy (non-hydrogen) atoms. The Balaban J connectivity index is 1.65.